The summed E-state index contributed by atoms with van der Waals surface area (Å²) in [5, 5.41) is 22.4. The van der Waals surface area contributed by atoms with E-state index in [1.54, 1.807) is 0 Å². The van der Waals surface area contributed by atoms with Crippen molar-refractivity contribution in [2.24, 2.45) is 0 Å². The van der Waals surface area contributed by atoms with Gasteiger partial charge >= 0.3 is 11.9 Å². The fourth-order valence-corrected chi connectivity index (χ4v) is 0.227. The van der Waals surface area contributed by atoms with Gasteiger partial charge in [0.15, 0.2) is 0 Å². The Hall–Kier alpha value is -1.65. The molecular formula is C6H9NO4. The summed E-state index contributed by atoms with van der Waals surface area (Å²) in [5.74, 6) is -2.79. The minimum Gasteiger partial charge on any atom is -0.481 e. The van der Waals surface area contributed by atoms with E-state index in [2.05, 4.69) is 13.2 Å². The van der Waals surface area contributed by atoms with Crippen LogP contribution in [0.15, 0.2) is 13.2 Å². The molecule has 0 unspecified atom stereocenters. The molecule has 0 aliphatic heterocycles. The van der Waals surface area contributed by atoms with E-state index < -0.39 is 24.1 Å². The zero-order valence-corrected chi connectivity index (χ0v) is 5.83. The largest absolute Gasteiger partial charge is 0.481 e. The van der Waals surface area contributed by atoms with Crippen LogP contribution in [0.5, 0.6) is 0 Å². The Kier molecular flexibility index (Phi) is 7.10. The number of carbonyl (C=O) groups is 2. The lowest BCUT2D eigenvalue weighted by Gasteiger charge is -1.89. The summed E-state index contributed by atoms with van der Waals surface area (Å²) < 4.78 is 0. The van der Waals surface area contributed by atoms with E-state index in [1.807, 2.05) is 0 Å². The van der Waals surface area contributed by atoms with Crippen LogP contribution in [0.25, 0.3) is 0 Å². The van der Waals surface area contributed by atoms with E-state index in [4.69, 9.17) is 15.6 Å². The molecule has 0 rings (SSSR count). The molecule has 62 valence electrons. The van der Waals surface area contributed by atoms with Crippen LogP contribution in [0.4, 0.5) is 0 Å². The van der Waals surface area contributed by atoms with Crippen molar-refractivity contribution in [3.05, 3.63) is 13.2 Å². The van der Waals surface area contributed by atoms with Gasteiger partial charge in [0, 0.05) is 0 Å². The van der Waals surface area contributed by atoms with Crippen LogP contribution in [0, 0.1) is 5.41 Å². The molecule has 0 saturated carbocycles. The highest BCUT2D eigenvalue weighted by atomic mass is 16.4. The quantitative estimate of drug-likeness (QED) is 0.409. The average molecular weight is 159 g/mol. The standard InChI is InChI=1S/C4H5NO4.C2H4/c5-2(4(8)9)1-3(6)7;1-2/h5H,1H2,(H,6,7)(H,8,9);1-2H2. The van der Waals surface area contributed by atoms with Gasteiger partial charge in [-0.1, -0.05) is 0 Å². The number of nitrogens with one attached hydrogen (secondary N) is 1. The molecule has 3 N–H and O–H groups in total. The van der Waals surface area contributed by atoms with Crippen molar-refractivity contribution in [2.75, 3.05) is 0 Å². The van der Waals surface area contributed by atoms with Crippen molar-refractivity contribution in [1.29, 1.82) is 5.41 Å². The summed E-state index contributed by atoms with van der Waals surface area (Å²) >= 11 is 0. The third-order valence-corrected chi connectivity index (χ3v) is 0.586. The topological polar surface area (TPSA) is 98.5 Å². The highest BCUT2D eigenvalue weighted by Gasteiger charge is 2.09. The Balaban J connectivity index is 0. The SMILES string of the molecule is C=C.N=C(CC(=O)O)C(=O)O. The van der Waals surface area contributed by atoms with E-state index in [9.17, 15) is 9.59 Å². The summed E-state index contributed by atoms with van der Waals surface area (Å²) in [6.07, 6.45) is -0.727. The number of rotatable bonds is 3. The minimum atomic E-state index is -1.49. The first-order valence-corrected chi connectivity index (χ1v) is 2.56. The van der Waals surface area contributed by atoms with Crippen LogP contribution >= 0.6 is 0 Å². The van der Waals surface area contributed by atoms with Crippen molar-refractivity contribution < 1.29 is 19.8 Å². The fraction of sp³-hybridized carbons (Fsp3) is 0.167. The molecule has 0 aliphatic rings. The van der Waals surface area contributed by atoms with Crippen LogP contribution in [-0.2, 0) is 9.59 Å². The molecule has 0 fully saturated rings. The molecule has 0 aromatic heterocycles. The van der Waals surface area contributed by atoms with Gasteiger partial charge in [0.25, 0.3) is 0 Å². The summed E-state index contributed by atoms with van der Waals surface area (Å²) in [6, 6.07) is 0. The molecule has 0 spiro atoms. The maximum absolute atomic E-state index is 9.75. The van der Waals surface area contributed by atoms with Gasteiger partial charge in [-0.15, -0.1) is 13.2 Å². The molecule has 5 nitrogen and oxygen atoms in total. The Morgan fingerprint density at radius 2 is 1.64 bits per heavy atom. The minimum absolute atomic E-state index is 0.727. The fourth-order valence-electron chi connectivity index (χ4n) is 0.227. The van der Waals surface area contributed by atoms with Crippen LogP contribution < -0.4 is 0 Å². The molecule has 0 radical (unpaired) electrons. The molecular weight excluding hydrogens is 150 g/mol. The first kappa shape index (κ1) is 12.1. The maximum Gasteiger partial charge on any atom is 0.350 e. The number of hydrogen-bond donors (Lipinski definition) is 3. The van der Waals surface area contributed by atoms with Gasteiger partial charge < -0.3 is 10.2 Å². The highest BCUT2D eigenvalue weighted by Crippen LogP contribution is 1.82. The molecule has 5 heteroatoms. The van der Waals surface area contributed by atoms with Crippen LogP contribution in [0.3, 0.4) is 0 Å². The monoisotopic (exact) mass is 159 g/mol. The lowest BCUT2D eigenvalue weighted by Crippen LogP contribution is -2.15. The molecule has 0 atom stereocenters. The summed E-state index contributed by atoms with van der Waals surface area (Å²) in [6.45, 7) is 6.00. The number of carboxylic acids is 2. The normalized spacial score (nSPS) is 7.27. The van der Waals surface area contributed by atoms with E-state index in [-0.39, 0.29) is 0 Å². The van der Waals surface area contributed by atoms with Crippen molar-refractivity contribution in [3.8, 4) is 0 Å². The second-order valence-corrected chi connectivity index (χ2v) is 1.35. The maximum atomic E-state index is 9.75. The van der Waals surface area contributed by atoms with Crippen LogP contribution in [0.2, 0.25) is 0 Å². The Labute approximate surface area is 63.5 Å². The Morgan fingerprint density at radius 1 is 1.27 bits per heavy atom. The van der Waals surface area contributed by atoms with Gasteiger partial charge in [-0.05, 0) is 0 Å². The zero-order valence-electron chi connectivity index (χ0n) is 5.83. The number of hydrogen-bond acceptors (Lipinski definition) is 3. The molecule has 0 amide bonds. The van der Waals surface area contributed by atoms with E-state index >= 15 is 0 Å². The Bertz CT molecular complexity index is 175. The number of carboxylic acid groups (broad SMARTS) is 2. The van der Waals surface area contributed by atoms with Crippen molar-refractivity contribution in [1.82, 2.24) is 0 Å². The second kappa shape index (κ2) is 6.47. The molecule has 0 aromatic carbocycles. The van der Waals surface area contributed by atoms with Gasteiger partial charge in [-0.3, -0.25) is 10.2 Å². The third kappa shape index (κ3) is 8.35. The van der Waals surface area contributed by atoms with E-state index in [1.165, 1.54) is 0 Å². The van der Waals surface area contributed by atoms with Gasteiger partial charge in [-0.25, -0.2) is 4.79 Å². The summed E-state index contributed by atoms with van der Waals surface area (Å²) in [7, 11) is 0. The molecule has 0 bridgehead atoms. The van der Waals surface area contributed by atoms with Gasteiger partial charge in [-0.2, -0.15) is 0 Å². The zero-order chi connectivity index (χ0) is 9.44. The van der Waals surface area contributed by atoms with Gasteiger partial charge in [0.1, 0.15) is 5.71 Å². The van der Waals surface area contributed by atoms with Crippen molar-refractivity contribution in [2.45, 2.75) is 6.42 Å². The molecule has 0 heterocycles. The lowest BCUT2D eigenvalue weighted by atomic mass is 10.3. The van der Waals surface area contributed by atoms with E-state index in [0.29, 0.717) is 0 Å². The first-order valence-electron chi connectivity index (χ1n) is 2.56. The second-order valence-electron chi connectivity index (χ2n) is 1.35. The molecule has 0 saturated heterocycles. The first-order chi connectivity index (χ1) is 5.04. The van der Waals surface area contributed by atoms with E-state index in [0.717, 1.165) is 0 Å². The van der Waals surface area contributed by atoms with Crippen molar-refractivity contribution >= 4 is 17.7 Å². The summed E-state index contributed by atoms with van der Waals surface area (Å²) in [5.41, 5.74) is -0.803. The third-order valence-electron chi connectivity index (χ3n) is 0.586. The van der Waals surface area contributed by atoms with Crippen molar-refractivity contribution in [3.63, 3.8) is 0 Å². The smallest absolute Gasteiger partial charge is 0.350 e. The number of aliphatic carboxylic acids is 2. The van der Waals surface area contributed by atoms with Crippen LogP contribution in [0.1, 0.15) is 6.42 Å². The predicted octanol–water partition coefficient (Wildman–Crippen LogP) is 0.368. The molecule has 11 heavy (non-hydrogen) atoms. The van der Waals surface area contributed by atoms with Gasteiger partial charge in [0.2, 0.25) is 0 Å². The predicted molar refractivity (Wildman–Crippen MR) is 38.9 cm³/mol. The van der Waals surface area contributed by atoms with Gasteiger partial charge in [0.05, 0.1) is 6.42 Å². The lowest BCUT2D eigenvalue weighted by molar-refractivity contribution is -0.137. The highest BCUT2D eigenvalue weighted by molar-refractivity contribution is 6.37. The molecule has 0 aromatic rings. The molecule has 0 aliphatic carbocycles. The average Bonchev–Trinajstić information content (AvgIpc) is 1.90. The van der Waals surface area contributed by atoms with Crippen LogP contribution in [-0.4, -0.2) is 27.9 Å². The Morgan fingerprint density at radius 3 is 1.73 bits per heavy atom. The summed E-state index contributed by atoms with van der Waals surface area (Å²) in [4.78, 5) is 19.5.